The molecule has 0 aliphatic carbocycles. The average molecular weight is 406 g/mol. The van der Waals surface area contributed by atoms with E-state index in [4.69, 9.17) is 9.84 Å². The molecular formula is C22H22N4O4. The minimum Gasteiger partial charge on any atom is -0.496 e. The average Bonchev–Trinajstić information content (AvgIpc) is 2.78. The van der Waals surface area contributed by atoms with Gasteiger partial charge in [-0.15, -0.1) is 0 Å². The topological polar surface area (TPSA) is 105 Å². The standard InChI is InChI=1S/C22H22N4O4/c1-30-19-12-18(25-17-5-3-2-4-16(17)19)21(27)24-15-8-10-26(11-9-15)20-7-6-14(13-23-20)22(28)29/h2-7,12-13,15H,8-11H2,1H3,(H,24,27)(H,28,29). The number of nitrogens with zero attached hydrogens (tertiary/aromatic N) is 3. The number of nitrogens with one attached hydrogen (secondary N) is 1. The van der Waals surface area contributed by atoms with E-state index in [1.807, 2.05) is 24.3 Å². The Morgan fingerprint density at radius 1 is 1.17 bits per heavy atom. The van der Waals surface area contributed by atoms with Crippen molar-refractivity contribution in [1.82, 2.24) is 15.3 Å². The minimum absolute atomic E-state index is 0.0336. The quantitative estimate of drug-likeness (QED) is 0.671. The number of piperidine rings is 1. The second kappa shape index (κ2) is 8.36. The molecule has 3 heterocycles. The third-order valence-electron chi connectivity index (χ3n) is 5.28. The van der Waals surface area contributed by atoms with Crippen LogP contribution in [0.3, 0.4) is 0 Å². The van der Waals surface area contributed by atoms with Crippen LogP contribution < -0.4 is 15.0 Å². The Balaban J connectivity index is 1.40. The first kappa shape index (κ1) is 19.6. The fraction of sp³-hybridized carbons (Fsp3) is 0.273. The van der Waals surface area contributed by atoms with E-state index in [9.17, 15) is 9.59 Å². The van der Waals surface area contributed by atoms with E-state index in [2.05, 4.69) is 20.2 Å². The van der Waals surface area contributed by atoms with Gasteiger partial charge in [0.25, 0.3) is 5.91 Å². The molecule has 1 amide bonds. The summed E-state index contributed by atoms with van der Waals surface area (Å²) in [7, 11) is 1.58. The molecule has 0 radical (unpaired) electrons. The normalized spacial score (nSPS) is 14.5. The molecule has 4 rings (SSSR count). The Hall–Kier alpha value is -3.68. The number of hydrogen-bond donors (Lipinski definition) is 2. The zero-order valence-electron chi connectivity index (χ0n) is 16.5. The number of aromatic nitrogens is 2. The Morgan fingerprint density at radius 2 is 1.93 bits per heavy atom. The molecule has 1 saturated heterocycles. The highest BCUT2D eigenvalue weighted by Gasteiger charge is 2.23. The van der Waals surface area contributed by atoms with Crippen molar-refractivity contribution >= 4 is 28.6 Å². The molecule has 3 aromatic rings. The molecule has 0 bridgehead atoms. The van der Waals surface area contributed by atoms with Gasteiger partial charge in [-0.05, 0) is 37.1 Å². The van der Waals surface area contributed by atoms with Gasteiger partial charge in [0.1, 0.15) is 17.3 Å². The van der Waals surface area contributed by atoms with Gasteiger partial charge in [-0.1, -0.05) is 12.1 Å². The number of methoxy groups -OCH3 is 1. The van der Waals surface area contributed by atoms with Crippen LogP contribution in [0.2, 0.25) is 0 Å². The number of rotatable bonds is 5. The molecule has 1 aliphatic heterocycles. The second-order valence-electron chi connectivity index (χ2n) is 7.17. The highest BCUT2D eigenvalue weighted by atomic mass is 16.5. The lowest BCUT2D eigenvalue weighted by molar-refractivity contribution is 0.0696. The van der Waals surface area contributed by atoms with Gasteiger partial charge in [0.15, 0.2) is 0 Å². The highest BCUT2D eigenvalue weighted by Crippen LogP contribution is 2.25. The number of aromatic carboxylic acids is 1. The van der Waals surface area contributed by atoms with Crippen LogP contribution in [0.1, 0.15) is 33.7 Å². The van der Waals surface area contributed by atoms with Crippen LogP contribution in [0, 0.1) is 0 Å². The molecule has 154 valence electrons. The van der Waals surface area contributed by atoms with Gasteiger partial charge in [-0.3, -0.25) is 4.79 Å². The van der Waals surface area contributed by atoms with Gasteiger partial charge in [-0.25, -0.2) is 14.8 Å². The van der Waals surface area contributed by atoms with Crippen molar-refractivity contribution in [3.8, 4) is 5.75 Å². The van der Waals surface area contributed by atoms with Gasteiger partial charge < -0.3 is 20.1 Å². The van der Waals surface area contributed by atoms with Gasteiger partial charge in [0.05, 0.1) is 18.2 Å². The van der Waals surface area contributed by atoms with Gasteiger partial charge in [0, 0.05) is 36.8 Å². The third-order valence-corrected chi connectivity index (χ3v) is 5.28. The largest absolute Gasteiger partial charge is 0.496 e. The van der Waals surface area contributed by atoms with Crippen molar-refractivity contribution < 1.29 is 19.4 Å². The second-order valence-corrected chi connectivity index (χ2v) is 7.17. The number of carbonyl (C=O) groups excluding carboxylic acids is 1. The summed E-state index contributed by atoms with van der Waals surface area (Å²) >= 11 is 0. The molecule has 0 saturated carbocycles. The number of hydrogen-bond acceptors (Lipinski definition) is 6. The minimum atomic E-state index is -0.991. The third kappa shape index (κ3) is 4.03. The van der Waals surface area contributed by atoms with Crippen LogP contribution in [0.15, 0.2) is 48.7 Å². The Kier molecular flexibility index (Phi) is 5.47. The highest BCUT2D eigenvalue weighted by molar-refractivity contribution is 5.97. The Bertz CT molecular complexity index is 1080. The maximum Gasteiger partial charge on any atom is 0.337 e. The number of anilines is 1. The zero-order valence-corrected chi connectivity index (χ0v) is 16.5. The van der Waals surface area contributed by atoms with Crippen molar-refractivity contribution in [2.75, 3.05) is 25.1 Å². The number of amides is 1. The first-order valence-corrected chi connectivity index (χ1v) is 9.74. The molecule has 0 atom stereocenters. The molecule has 1 aromatic carbocycles. The number of ether oxygens (including phenoxy) is 1. The van der Waals surface area contributed by atoms with E-state index in [0.717, 1.165) is 37.1 Å². The molecule has 2 aromatic heterocycles. The smallest absolute Gasteiger partial charge is 0.337 e. The van der Waals surface area contributed by atoms with Gasteiger partial charge in [-0.2, -0.15) is 0 Å². The molecule has 8 heteroatoms. The summed E-state index contributed by atoms with van der Waals surface area (Å²) in [5, 5.41) is 12.9. The molecule has 8 nitrogen and oxygen atoms in total. The van der Waals surface area contributed by atoms with E-state index in [1.54, 1.807) is 25.3 Å². The zero-order chi connectivity index (χ0) is 21.1. The van der Waals surface area contributed by atoms with E-state index >= 15 is 0 Å². The number of pyridine rings is 2. The first-order chi connectivity index (χ1) is 14.5. The van der Waals surface area contributed by atoms with Crippen LogP contribution in [0.5, 0.6) is 5.75 Å². The first-order valence-electron chi connectivity index (χ1n) is 9.74. The molecule has 1 aliphatic rings. The number of fused-ring (bicyclic) bond motifs is 1. The summed E-state index contributed by atoms with van der Waals surface area (Å²) in [5.74, 6) is 0.151. The number of carbonyl (C=O) groups is 2. The fourth-order valence-corrected chi connectivity index (χ4v) is 3.64. The van der Waals surface area contributed by atoms with Crippen molar-refractivity contribution in [2.45, 2.75) is 18.9 Å². The summed E-state index contributed by atoms with van der Waals surface area (Å²) < 4.78 is 5.42. The molecule has 0 unspecified atom stereocenters. The number of carboxylic acids is 1. The predicted octanol–water partition coefficient (Wildman–Crippen LogP) is 2.74. The Morgan fingerprint density at radius 3 is 2.60 bits per heavy atom. The lowest BCUT2D eigenvalue weighted by atomic mass is 10.0. The van der Waals surface area contributed by atoms with Gasteiger partial charge in [0.2, 0.25) is 0 Å². The summed E-state index contributed by atoms with van der Waals surface area (Å²) in [6.07, 6.45) is 2.89. The van der Waals surface area contributed by atoms with Crippen LogP contribution >= 0.6 is 0 Å². The number of carboxylic acid groups (broad SMARTS) is 1. The summed E-state index contributed by atoms with van der Waals surface area (Å²) in [6, 6.07) is 12.5. The summed E-state index contributed by atoms with van der Waals surface area (Å²) in [6.45, 7) is 1.44. The van der Waals surface area contributed by atoms with E-state index < -0.39 is 5.97 Å². The van der Waals surface area contributed by atoms with E-state index in [-0.39, 0.29) is 17.5 Å². The molecular weight excluding hydrogens is 384 g/mol. The fourth-order valence-electron chi connectivity index (χ4n) is 3.64. The monoisotopic (exact) mass is 406 g/mol. The molecule has 0 spiro atoms. The summed E-state index contributed by atoms with van der Waals surface area (Å²) in [4.78, 5) is 34.5. The lowest BCUT2D eigenvalue weighted by Gasteiger charge is -2.33. The van der Waals surface area contributed by atoms with Crippen molar-refractivity contribution in [2.24, 2.45) is 0 Å². The van der Waals surface area contributed by atoms with Crippen molar-refractivity contribution in [3.63, 3.8) is 0 Å². The van der Waals surface area contributed by atoms with Crippen LogP contribution in [-0.2, 0) is 0 Å². The number of benzene rings is 1. The molecule has 1 fully saturated rings. The lowest BCUT2D eigenvalue weighted by Crippen LogP contribution is -2.45. The molecule has 30 heavy (non-hydrogen) atoms. The van der Waals surface area contributed by atoms with Crippen LogP contribution in [0.25, 0.3) is 10.9 Å². The predicted molar refractivity (Wildman–Crippen MR) is 112 cm³/mol. The van der Waals surface area contributed by atoms with Crippen LogP contribution in [-0.4, -0.2) is 53.2 Å². The maximum atomic E-state index is 12.8. The van der Waals surface area contributed by atoms with Crippen LogP contribution in [0.4, 0.5) is 5.82 Å². The maximum absolute atomic E-state index is 12.8. The van der Waals surface area contributed by atoms with E-state index in [0.29, 0.717) is 17.0 Å². The SMILES string of the molecule is COc1cc(C(=O)NC2CCN(c3ccc(C(=O)O)cn3)CC2)nc2ccccc12. The van der Waals surface area contributed by atoms with Crippen molar-refractivity contribution in [3.05, 3.63) is 59.9 Å². The summed E-state index contributed by atoms with van der Waals surface area (Å²) in [5.41, 5.74) is 1.21. The number of para-hydroxylation sites is 1. The van der Waals surface area contributed by atoms with Crippen molar-refractivity contribution in [1.29, 1.82) is 0 Å². The molecule has 2 N–H and O–H groups in total. The van der Waals surface area contributed by atoms with E-state index in [1.165, 1.54) is 6.20 Å². The Labute approximate surface area is 173 Å². The van der Waals surface area contributed by atoms with Gasteiger partial charge >= 0.3 is 5.97 Å².